The summed E-state index contributed by atoms with van der Waals surface area (Å²) in [7, 11) is 0. The first-order valence-electron chi connectivity index (χ1n) is 14.0. The molecule has 1 aromatic heterocycles. The van der Waals surface area contributed by atoms with Crippen molar-refractivity contribution < 1.29 is 33.3 Å². The number of hydrogen-bond donors (Lipinski definition) is 1. The molecular weight excluding hydrogens is 472 g/mol. The molecule has 1 N–H and O–H groups in total. The van der Waals surface area contributed by atoms with Gasteiger partial charge in [-0.25, -0.2) is 0 Å². The highest BCUT2D eigenvalue weighted by Crippen LogP contribution is 2.83. The van der Waals surface area contributed by atoms with E-state index in [1.54, 1.807) is 6.26 Å². The van der Waals surface area contributed by atoms with E-state index in [-0.39, 0.29) is 41.4 Å². The van der Waals surface area contributed by atoms with Crippen LogP contribution in [0.2, 0.25) is 0 Å². The van der Waals surface area contributed by atoms with Gasteiger partial charge in [0, 0.05) is 36.5 Å². The molecule has 4 aliphatic carbocycles. The molecule has 0 bridgehead atoms. The van der Waals surface area contributed by atoms with Crippen LogP contribution in [-0.4, -0.2) is 47.1 Å². The molecule has 2 heterocycles. The summed E-state index contributed by atoms with van der Waals surface area (Å²) < 4.78 is 24.6. The number of fused-ring (bicyclic) bond motifs is 3. The predicted molar refractivity (Wildman–Crippen MR) is 134 cm³/mol. The van der Waals surface area contributed by atoms with Crippen LogP contribution in [0, 0.1) is 33.5 Å². The molecule has 4 saturated carbocycles. The molecule has 1 aliphatic heterocycles. The highest BCUT2D eigenvalue weighted by molar-refractivity contribution is 5.67. The number of aliphatic hydroxyl groups is 1. The molecule has 0 radical (unpaired) electrons. The Morgan fingerprint density at radius 3 is 2.27 bits per heavy atom. The summed E-state index contributed by atoms with van der Waals surface area (Å²) >= 11 is 0. The fourth-order valence-electron chi connectivity index (χ4n) is 10.7. The Morgan fingerprint density at radius 2 is 1.65 bits per heavy atom. The zero-order valence-electron chi connectivity index (χ0n) is 23.2. The van der Waals surface area contributed by atoms with Gasteiger partial charge in [0.15, 0.2) is 0 Å². The molecule has 0 amide bonds. The maximum atomic E-state index is 12.6. The van der Waals surface area contributed by atoms with Gasteiger partial charge < -0.3 is 23.7 Å². The number of carbonyl (C=O) groups is 2. The first kappa shape index (κ1) is 25.4. The van der Waals surface area contributed by atoms with Crippen LogP contribution in [0.1, 0.15) is 92.1 Å². The molecule has 11 atom stereocenters. The molecule has 0 unspecified atom stereocenters. The predicted octanol–water partition coefficient (Wildman–Crippen LogP) is 5.01. The molecule has 5 fully saturated rings. The van der Waals surface area contributed by atoms with Crippen molar-refractivity contribution in [2.45, 2.75) is 117 Å². The SMILES string of the molecule is CC(=O)O[C@H]1C[C@@H](O)C(C)(C)[C@H]2C[C@@H](OC(C)=O)[C@]3(C)[C@@H](CC[C@@]4(C)[C@@H](c5ccoc5)C[C@H]5O[C@@]534)[C@@]12C. The van der Waals surface area contributed by atoms with Gasteiger partial charge in [-0.05, 0) is 60.5 Å². The second-order valence-electron chi connectivity index (χ2n) is 13.9. The second-order valence-corrected chi connectivity index (χ2v) is 13.9. The summed E-state index contributed by atoms with van der Waals surface area (Å²) in [4.78, 5) is 24.9. The van der Waals surface area contributed by atoms with Crippen molar-refractivity contribution >= 4 is 11.9 Å². The van der Waals surface area contributed by atoms with E-state index in [0.717, 1.165) is 19.3 Å². The molecule has 204 valence electrons. The Morgan fingerprint density at radius 1 is 0.973 bits per heavy atom. The number of esters is 2. The number of rotatable bonds is 3. The zero-order valence-corrected chi connectivity index (χ0v) is 23.2. The minimum Gasteiger partial charge on any atom is -0.472 e. The number of ether oxygens (including phenoxy) is 3. The summed E-state index contributed by atoms with van der Waals surface area (Å²) in [5.74, 6) is -0.217. The normalized spacial score (nSPS) is 51.2. The molecule has 1 saturated heterocycles. The fourth-order valence-corrected chi connectivity index (χ4v) is 10.7. The Kier molecular flexibility index (Phi) is 5.24. The van der Waals surface area contributed by atoms with Gasteiger partial charge >= 0.3 is 11.9 Å². The van der Waals surface area contributed by atoms with Gasteiger partial charge in [-0.3, -0.25) is 9.59 Å². The van der Waals surface area contributed by atoms with Gasteiger partial charge in [-0.1, -0.05) is 34.6 Å². The monoisotopic (exact) mass is 514 g/mol. The van der Waals surface area contributed by atoms with Crippen molar-refractivity contribution in [2.75, 3.05) is 0 Å². The van der Waals surface area contributed by atoms with Crippen LogP contribution in [0.5, 0.6) is 0 Å². The number of furan rings is 1. The largest absolute Gasteiger partial charge is 0.472 e. The number of carbonyl (C=O) groups excluding carboxylic acids is 2. The quantitative estimate of drug-likeness (QED) is 0.447. The third kappa shape index (κ3) is 2.91. The minimum absolute atomic E-state index is 0.000412. The molecule has 7 nitrogen and oxygen atoms in total. The van der Waals surface area contributed by atoms with Crippen LogP contribution in [-0.2, 0) is 23.8 Å². The van der Waals surface area contributed by atoms with E-state index in [9.17, 15) is 14.7 Å². The van der Waals surface area contributed by atoms with Gasteiger partial charge in [0.25, 0.3) is 0 Å². The topological polar surface area (TPSA) is 98.5 Å². The summed E-state index contributed by atoms with van der Waals surface area (Å²) in [5, 5.41) is 11.3. The summed E-state index contributed by atoms with van der Waals surface area (Å²) in [6.45, 7) is 14.1. The first-order valence-corrected chi connectivity index (χ1v) is 14.0. The molecule has 7 heteroatoms. The van der Waals surface area contributed by atoms with Gasteiger partial charge in [0.2, 0.25) is 0 Å². The van der Waals surface area contributed by atoms with Gasteiger partial charge in [0.1, 0.15) is 17.8 Å². The van der Waals surface area contributed by atoms with E-state index in [2.05, 4.69) is 40.7 Å². The third-order valence-corrected chi connectivity index (χ3v) is 12.3. The minimum atomic E-state index is -0.619. The lowest BCUT2D eigenvalue weighted by Crippen LogP contribution is -2.74. The van der Waals surface area contributed by atoms with Crippen molar-refractivity contribution in [3.8, 4) is 0 Å². The lowest BCUT2D eigenvalue weighted by atomic mass is 9.35. The summed E-state index contributed by atoms with van der Waals surface area (Å²) in [6.07, 6.45) is 6.12. The second kappa shape index (κ2) is 7.62. The number of hydrogen-bond acceptors (Lipinski definition) is 7. The lowest BCUT2D eigenvalue weighted by molar-refractivity contribution is -0.288. The van der Waals surface area contributed by atoms with E-state index < -0.39 is 34.1 Å². The molecule has 0 aromatic carbocycles. The first-order chi connectivity index (χ1) is 17.2. The maximum Gasteiger partial charge on any atom is 0.302 e. The molecule has 6 rings (SSSR count). The molecule has 1 spiro atoms. The highest BCUT2D eigenvalue weighted by Gasteiger charge is 2.87. The van der Waals surface area contributed by atoms with Crippen molar-refractivity contribution in [1.29, 1.82) is 0 Å². The highest BCUT2D eigenvalue weighted by atomic mass is 16.6. The lowest BCUT2D eigenvalue weighted by Gasteiger charge is -2.70. The number of aliphatic hydroxyl groups excluding tert-OH is 1. The number of epoxide rings is 1. The van der Waals surface area contributed by atoms with E-state index >= 15 is 0 Å². The van der Waals surface area contributed by atoms with Crippen LogP contribution in [0.25, 0.3) is 0 Å². The van der Waals surface area contributed by atoms with E-state index in [4.69, 9.17) is 18.6 Å². The Bertz CT molecular complexity index is 1110. The average Bonchev–Trinajstić information content (AvgIpc) is 3.16. The molecule has 1 aromatic rings. The average molecular weight is 515 g/mol. The Labute approximate surface area is 219 Å². The molecular formula is C30H42O7. The summed E-state index contributed by atoms with van der Waals surface area (Å²) in [6, 6.07) is 2.08. The Balaban J connectivity index is 1.52. The van der Waals surface area contributed by atoms with Crippen molar-refractivity contribution in [2.24, 2.45) is 33.5 Å². The van der Waals surface area contributed by atoms with Crippen molar-refractivity contribution in [3.05, 3.63) is 24.2 Å². The van der Waals surface area contributed by atoms with E-state index in [0.29, 0.717) is 18.8 Å². The Hall–Kier alpha value is -1.86. The molecule has 5 aliphatic rings. The standard InChI is InChI=1S/C30H42O7/c1-16(31)35-23-14-22(33)26(3,4)21-13-24(36-17(2)32)29(7)20(28(21,23)6)8-10-27(5)19(18-9-11-34-15-18)12-25-30(27,29)37-25/h9,11,15,19-25,33H,8,10,12-14H2,1-7H3/t19-,20+,21-,22-,23+,24-,25-,27+,28-,29+,30-/m1/s1. The van der Waals surface area contributed by atoms with Gasteiger partial charge in [-0.15, -0.1) is 0 Å². The van der Waals surface area contributed by atoms with E-state index in [1.807, 2.05) is 6.26 Å². The van der Waals surface area contributed by atoms with Crippen molar-refractivity contribution in [1.82, 2.24) is 0 Å². The van der Waals surface area contributed by atoms with Crippen LogP contribution < -0.4 is 0 Å². The van der Waals surface area contributed by atoms with Gasteiger partial charge in [-0.2, -0.15) is 0 Å². The van der Waals surface area contributed by atoms with Crippen LogP contribution in [0.15, 0.2) is 23.0 Å². The van der Waals surface area contributed by atoms with Crippen LogP contribution in [0.3, 0.4) is 0 Å². The van der Waals surface area contributed by atoms with Gasteiger partial charge in [0.05, 0.1) is 24.7 Å². The smallest absolute Gasteiger partial charge is 0.302 e. The zero-order chi connectivity index (χ0) is 26.8. The van der Waals surface area contributed by atoms with E-state index in [1.165, 1.54) is 19.4 Å². The maximum absolute atomic E-state index is 12.6. The van der Waals surface area contributed by atoms with Crippen molar-refractivity contribution in [3.63, 3.8) is 0 Å². The fraction of sp³-hybridized carbons (Fsp3) is 0.800. The third-order valence-electron chi connectivity index (χ3n) is 12.3. The van der Waals surface area contributed by atoms with Crippen LogP contribution >= 0.6 is 0 Å². The summed E-state index contributed by atoms with van der Waals surface area (Å²) in [5.41, 5.74) is -0.683. The molecule has 37 heavy (non-hydrogen) atoms. The van der Waals surface area contributed by atoms with Crippen LogP contribution in [0.4, 0.5) is 0 Å².